The second-order valence-electron chi connectivity index (χ2n) is 4.94. The maximum atomic E-state index is 5.37. The van der Waals surface area contributed by atoms with Gasteiger partial charge in [-0.05, 0) is 41.0 Å². The zero-order valence-electron chi connectivity index (χ0n) is 12.1. The number of hydrogen-bond donors (Lipinski definition) is 1. The maximum absolute atomic E-state index is 5.37. The molecule has 0 aliphatic rings. The number of benzene rings is 2. The monoisotopic (exact) mass is 267 g/mol. The summed E-state index contributed by atoms with van der Waals surface area (Å²) in [5.74, 6) is 3.61. The fourth-order valence-corrected chi connectivity index (χ4v) is 2.28. The number of fused-ring (bicyclic) bond motifs is 1. The Labute approximate surface area is 121 Å². The van der Waals surface area contributed by atoms with Crippen LogP contribution in [0, 0.1) is 12.3 Å². The molecule has 0 saturated carbocycles. The first-order valence-corrected chi connectivity index (χ1v) is 7.00. The third kappa shape index (κ3) is 3.53. The molecule has 104 valence electrons. The predicted octanol–water partition coefficient (Wildman–Crippen LogP) is 3.74. The quantitative estimate of drug-likeness (QED) is 0.805. The minimum atomic E-state index is 0.395. The Morgan fingerprint density at radius 2 is 1.95 bits per heavy atom. The molecule has 0 aromatic heterocycles. The van der Waals surface area contributed by atoms with Crippen molar-refractivity contribution in [2.24, 2.45) is 0 Å². The summed E-state index contributed by atoms with van der Waals surface area (Å²) < 4.78 is 5.24. The Morgan fingerprint density at radius 3 is 2.65 bits per heavy atom. The molecule has 20 heavy (non-hydrogen) atoms. The molecule has 0 spiro atoms. The van der Waals surface area contributed by atoms with Crippen LogP contribution in [0.15, 0.2) is 36.4 Å². The highest BCUT2D eigenvalue weighted by molar-refractivity contribution is 5.84. The highest BCUT2D eigenvalue weighted by Gasteiger charge is 2.04. The molecule has 2 aromatic carbocycles. The molecule has 0 radical (unpaired) electrons. The Bertz CT molecular complexity index is 612. The minimum absolute atomic E-state index is 0.395. The van der Waals surface area contributed by atoms with Gasteiger partial charge in [0.25, 0.3) is 0 Å². The van der Waals surface area contributed by atoms with Gasteiger partial charge in [-0.3, -0.25) is 0 Å². The van der Waals surface area contributed by atoms with Gasteiger partial charge in [-0.1, -0.05) is 25.1 Å². The molecule has 1 atom stereocenters. The lowest BCUT2D eigenvalue weighted by Crippen LogP contribution is -2.27. The predicted molar refractivity (Wildman–Crippen MR) is 84.9 cm³/mol. The van der Waals surface area contributed by atoms with Crippen LogP contribution in [0.1, 0.15) is 25.3 Å². The van der Waals surface area contributed by atoms with Gasteiger partial charge in [-0.2, -0.15) is 0 Å². The lowest BCUT2D eigenvalue weighted by molar-refractivity contribution is 0.415. The van der Waals surface area contributed by atoms with E-state index >= 15 is 0 Å². The smallest absolute Gasteiger partial charge is 0.119 e. The Kier molecular flexibility index (Phi) is 5.03. The van der Waals surface area contributed by atoms with E-state index in [1.54, 1.807) is 7.11 Å². The zero-order chi connectivity index (χ0) is 14.4. The van der Waals surface area contributed by atoms with Crippen molar-refractivity contribution in [3.63, 3.8) is 0 Å². The Balaban J connectivity index is 2.10. The van der Waals surface area contributed by atoms with Crippen LogP contribution in [0.3, 0.4) is 0 Å². The molecule has 0 saturated heterocycles. The van der Waals surface area contributed by atoms with Crippen molar-refractivity contribution in [1.82, 2.24) is 5.32 Å². The molecule has 0 amide bonds. The van der Waals surface area contributed by atoms with Crippen molar-refractivity contribution >= 4 is 10.8 Å². The molecule has 0 aliphatic carbocycles. The maximum Gasteiger partial charge on any atom is 0.119 e. The second-order valence-corrected chi connectivity index (χ2v) is 4.94. The van der Waals surface area contributed by atoms with E-state index in [1.165, 1.54) is 16.3 Å². The average Bonchev–Trinajstić information content (AvgIpc) is 2.50. The third-order valence-corrected chi connectivity index (χ3v) is 3.56. The van der Waals surface area contributed by atoms with Crippen LogP contribution in [0.5, 0.6) is 5.75 Å². The summed E-state index contributed by atoms with van der Waals surface area (Å²) >= 11 is 0. The Hall–Kier alpha value is -1.98. The molecule has 2 aromatic rings. The van der Waals surface area contributed by atoms with Crippen molar-refractivity contribution < 1.29 is 4.74 Å². The van der Waals surface area contributed by atoms with Gasteiger partial charge in [0.1, 0.15) is 5.75 Å². The lowest BCUT2D eigenvalue weighted by Gasteiger charge is -2.14. The molecule has 1 N–H and O–H groups in total. The second kappa shape index (κ2) is 6.98. The first-order chi connectivity index (χ1) is 9.76. The van der Waals surface area contributed by atoms with E-state index in [-0.39, 0.29) is 0 Å². The summed E-state index contributed by atoms with van der Waals surface area (Å²) in [7, 11) is 1.69. The van der Waals surface area contributed by atoms with Crippen LogP contribution in [-0.2, 0) is 6.54 Å². The van der Waals surface area contributed by atoms with Crippen LogP contribution in [0.4, 0.5) is 0 Å². The lowest BCUT2D eigenvalue weighted by atomic mass is 10.1. The van der Waals surface area contributed by atoms with Crippen molar-refractivity contribution in [2.45, 2.75) is 32.4 Å². The van der Waals surface area contributed by atoms with Crippen LogP contribution in [0.25, 0.3) is 10.8 Å². The summed E-state index contributed by atoms with van der Waals surface area (Å²) in [6.07, 6.45) is 7.20. The van der Waals surface area contributed by atoms with Crippen molar-refractivity contribution in [2.75, 3.05) is 7.11 Å². The minimum Gasteiger partial charge on any atom is -0.497 e. The van der Waals surface area contributed by atoms with E-state index < -0.39 is 0 Å². The van der Waals surface area contributed by atoms with E-state index in [0.717, 1.165) is 25.1 Å². The summed E-state index contributed by atoms with van der Waals surface area (Å²) in [5.41, 5.74) is 1.28. The summed E-state index contributed by atoms with van der Waals surface area (Å²) in [6, 6.07) is 13.0. The SMILES string of the molecule is C#CCC(CC)NCc1ccc2cc(OC)ccc2c1. The number of nitrogens with one attached hydrogen (secondary N) is 1. The van der Waals surface area contributed by atoms with Crippen molar-refractivity contribution in [3.05, 3.63) is 42.0 Å². The highest BCUT2D eigenvalue weighted by Crippen LogP contribution is 2.21. The number of hydrogen-bond acceptors (Lipinski definition) is 2. The molecule has 0 fully saturated rings. The van der Waals surface area contributed by atoms with Gasteiger partial charge in [-0.25, -0.2) is 0 Å². The fraction of sp³-hybridized carbons (Fsp3) is 0.333. The summed E-state index contributed by atoms with van der Waals surface area (Å²) in [4.78, 5) is 0. The fourth-order valence-electron chi connectivity index (χ4n) is 2.28. The average molecular weight is 267 g/mol. The molecule has 0 heterocycles. The van der Waals surface area contributed by atoms with Gasteiger partial charge >= 0.3 is 0 Å². The Morgan fingerprint density at radius 1 is 1.20 bits per heavy atom. The van der Waals surface area contributed by atoms with E-state index in [0.29, 0.717) is 6.04 Å². The molecule has 2 nitrogen and oxygen atoms in total. The van der Waals surface area contributed by atoms with Gasteiger partial charge in [-0.15, -0.1) is 12.3 Å². The van der Waals surface area contributed by atoms with E-state index in [9.17, 15) is 0 Å². The molecular formula is C18H21NO. The molecule has 1 unspecified atom stereocenters. The number of methoxy groups -OCH3 is 1. The first kappa shape index (κ1) is 14.4. The van der Waals surface area contributed by atoms with Crippen LogP contribution in [-0.4, -0.2) is 13.2 Å². The van der Waals surface area contributed by atoms with Gasteiger partial charge in [0.15, 0.2) is 0 Å². The van der Waals surface area contributed by atoms with Gasteiger partial charge < -0.3 is 10.1 Å². The molecule has 0 bridgehead atoms. The number of rotatable bonds is 6. The van der Waals surface area contributed by atoms with E-state index in [4.69, 9.17) is 11.2 Å². The third-order valence-electron chi connectivity index (χ3n) is 3.56. The zero-order valence-corrected chi connectivity index (χ0v) is 12.1. The van der Waals surface area contributed by atoms with Crippen LogP contribution in [0.2, 0.25) is 0 Å². The van der Waals surface area contributed by atoms with Crippen molar-refractivity contribution in [1.29, 1.82) is 0 Å². The molecule has 2 rings (SSSR count). The highest BCUT2D eigenvalue weighted by atomic mass is 16.5. The van der Waals surface area contributed by atoms with Crippen LogP contribution < -0.4 is 10.1 Å². The molecular weight excluding hydrogens is 246 g/mol. The van der Waals surface area contributed by atoms with Gasteiger partial charge in [0.2, 0.25) is 0 Å². The van der Waals surface area contributed by atoms with Gasteiger partial charge in [0, 0.05) is 19.0 Å². The van der Waals surface area contributed by atoms with Gasteiger partial charge in [0.05, 0.1) is 7.11 Å². The van der Waals surface area contributed by atoms with Crippen LogP contribution >= 0.6 is 0 Å². The molecule has 2 heteroatoms. The number of ether oxygens (including phenoxy) is 1. The first-order valence-electron chi connectivity index (χ1n) is 7.00. The largest absolute Gasteiger partial charge is 0.497 e. The standard InChI is InChI=1S/C18H21NO/c1-4-6-17(5-2)19-13-14-7-8-16-12-18(20-3)10-9-15(16)11-14/h1,7-12,17,19H,5-6,13H2,2-3H3. The van der Waals surface area contributed by atoms with E-state index in [2.05, 4.69) is 48.5 Å². The summed E-state index contributed by atoms with van der Waals surface area (Å²) in [6.45, 7) is 3.00. The van der Waals surface area contributed by atoms with Crippen molar-refractivity contribution in [3.8, 4) is 18.1 Å². The molecule has 0 aliphatic heterocycles. The number of terminal acetylenes is 1. The normalized spacial score (nSPS) is 12.1. The van der Waals surface area contributed by atoms with E-state index in [1.807, 2.05) is 6.07 Å². The topological polar surface area (TPSA) is 21.3 Å². The summed E-state index contributed by atoms with van der Waals surface area (Å²) in [5, 5.41) is 5.94.